The van der Waals surface area contributed by atoms with E-state index in [4.69, 9.17) is 9.68 Å². The minimum Gasteiger partial charge on any atom is -0.343 e. The van der Waals surface area contributed by atoms with Crippen molar-refractivity contribution in [3.63, 3.8) is 0 Å². The second-order valence-electron chi connectivity index (χ2n) is 7.11. The van der Waals surface area contributed by atoms with Crippen LogP contribution >= 0.6 is 0 Å². The first-order chi connectivity index (χ1) is 10.8. The van der Waals surface area contributed by atoms with E-state index >= 15 is 0 Å². The minimum atomic E-state index is -0.398. The van der Waals surface area contributed by atoms with Crippen molar-refractivity contribution in [2.75, 3.05) is 5.23 Å². The summed E-state index contributed by atoms with van der Waals surface area (Å²) in [5.41, 5.74) is 2.38. The van der Waals surface area contributed by atoms with Gasteiger partial charge in [-0.2, -0.15) is 0 Å². The number of hydrogen-bond donors (Lipinski definition) is 0. The van der Waals surface area contributed by atoms with E-state index in [2.05, 4.69) is 28.7 Å². The fourth-order valence-electron chi connectivity index (χ4n) is 2.91. The number of nitrogens with zero attached hydrogens (tertiary/aromatic N) is 3. The highest BCUT2D eigenvalue weighted by Crippen LogP contribution is 2.41. The molecule has 0 atom stereocenters. The van der Waals surface area contributed by atoms with Crippen LogP contribution in [0.4, 0.5) is 5.69 Å². The summed E-state index contributed by atoms with van der Waals surface area (Å²) in [6.45, 7) is 8.14. The van der Waals surface area contributed by atoms with Crippen molar-refractivity contribution in [3.05, 3.63) is 36.7 Å². The smallest absolute Gasteiger partial charge is 0.124 e. The van der Waals surface area contributed by atoms with Crippen LogP contribution in [-0.4, -0.2) is 20.8 Å². The molecule has 23 heavy (non-hydrogen) atoms. The van der Waals surface area contributed by atoms with Crippen molar-refractivity contribution in [1.29, 1.82) is 0 Å². The van der Waals surface area contributed by atoms with Crippen LogP contribution in [0.2, 0.25) is 0 Å². The quantitative estimate of drug-likeness (QED) is 0.682. The fourth-order valence-corrected chi connectivity index (χ4v) is 2.91. The van der Waals surface area contributed by atoms with Crippen molar-refractivity contribution in [2.45, 2.75) is 38.9 Å². The van der Waals surface area contributed by atoms with Crippen molar-refractivity contribution in [2.24, 2.45) is 7.05 Å². The Labute approximate surface area is 135 Å². The summed E-state index contributed by atoms with van der Waals surface area (Å²) in [5.74, 6) is 0. The van der Waals surface area contributed by atoms with E-state index in [1.165, 1.54) is 10.6 Å². The molecule has 1 saturated heterocycles. The molecule has 2 aromatic heterocycles. The van der Waals surface area contributed by atoms with Crippen molar-refractivity contribution in [1.82, 2.24) is 9.55 Å². The Hall–Kier alpha value is -2.11. The second kappa shape index (κ2) is 4.46. The third-order valence-corrected chi connectivity index (χ3v) is 5.08. The molecule has 0 saturated carbocycles. The second-order valence-corrected chi connectivity index (χ2v) is 7.11. The molecular formula is C18H21N3O2. The lowest BCUT2D eigenvalue weighted by atomic mass is 9.90. The third kappa shape index (κ3) is 1.97. The van der Waals surface area contributed by atoms with Gasteiger partial charge in [0.15, 0.2) is 0 Å². The van der Waals surface area contributed by atoms with Crippen LogP contribution in [0.25, 0.3) is 21.8 Å². The zero-order chi connectivity index (χ0) is 16.4. The lowest BCUT2D eigenvalue weighted by molar-refractivity contribution is -0.0272. The Morgan fingerprint density at radius 3 is 2.30 bits per heavy atom. The minimum absolute atomic E-state index is 0.398. The maximum atomic E-state index is 6.00. The van der Waals surface area contributed by atoms with Gasteiger partial charge >= 0.3 is 0 Å². The average Bonchev–Trinajstić information content (AvgIpc) is 2.91. The molecule has 120 valence electrons. The highest BCUT2D eigenvalue weighted by Gasteiger charge is 2.50. The monoisotopic (exact) mass is 311 g/mol. The molecule has 5 nitrogen and oxygen atoms in total. The molecule has 0 N–H and O–H groups in total. The summed E-state index contributed by atoms with van der Waals surface area (Å²) in [6, 6.07) is 8.24. The number of benzene rings is 1. The molecule has 3 heterocycles. The van der Waals surface area contributed by atoms with Gasteiger partial charge in [-0.25, -0.2) is 9.68 Å². The number of aryl methyl sites for hydroxylation is 1. The average molecular weight is 311 g/mol. The molecule has 4 rings (SSSR count). The molecule has 0 amide bonds. The molecule has 0 bridgehead atoms. The molecule has 0 unspecified atom stereocenters. The number of fused-ring (bicyclic) bond motifs is 3. The number of anilines is 1. The molecular weight excluding hydrogens is 290 g/mol. The molecule has 1 fully saturated rings. The predicted molar refractivity (Wildman–Crippen MR) is 91.0 cm³/mol. The molecule has 1 aromatic carbocycles. The lowest BCUT2D eigenvalue weighted by Gasteiger charge is -2.26. The molecule has 0 radical (unpaired) electrons. The molecule has 5 heteroatoms. The van der Waals surface area contributed by atoms with Crippen molar-refractivity contribution < 1.29 is 9.68 Å². The van der Waals surface area contributed by atoms with Crippen LogP contribution in [0.15, 0.2) is 36.7 Å². The number of aromatic nitrogens is 2. The fraction of sp³-hybridized carbons (Fsp3) is 0.389. The first-order valence-electron chi connectivity index (χ1n) is 7.81. The van der Waals surface area contributed by atoms with E-state index in [-0.39, 0.29) is 0 Å². The van der Waals surface area contributed by atoms with Gasteiger partial charge in [0.05, 0.1) is 16.7 Å². The van der Waals surface area contributed by atoms with Gasteiger partial charge in [0.1, 0.15) is 11.2 Å². The van der Waals surface area contributed by atoms with E-state index in [1.807, 2.05) is 52.2 Å². The Morgan fingerprint density at radius 1 is 0.913 bits per heavy atom. The maximum Gasteiger partial charge on any atom is 0.124 e. The van der Waals surface area contributed by atoms with E-state index in [0.717, 1.165) is 22.1 Å². The molecule has 0 aliphatic carbocycles. The van der Waals surface area contributed by atoms with Gasteiger partial charge in [0.2, 0.25) is 0 Å². The Bertz CT molecular complexity index is 895. The summed E-state index contributed by atoms with van der Waals surface area (Å²) in [4.78, 5) is 16.2. The van der Waals surface area contributed by atoms with Gasteiger partial charge in [-0.05, 0) is 52.0 Å². The Kier molecular flexibility index (Phi) is 2.81. The summed E-state index contributed by atoms with van der Waals surface area (Å²) < 4.78 is 2.17. The van der Waals surface area contributed by atoms with Gasteiger partial charge < -0.3 is 4.57 Å². The van der Waals surface area contributed by atoms with Crippen LogP contribution in [0.1, 0.15) is 27.7 Å². The normalized spacial score (nSPS) is 19.8. The first kappa shape index (κ1) is 14.5. The molecule has 1 aliphatic rings. The van der Waals surface area contributed by atoms with Crippen molar-refractivity contribution in [3.8, 4) is 0 Å². The summed E-state index contributed by atoms with van der Waals surface area (Å²) in [7, 11) is 2.06. The van der Waals surface area contributed by atoms with E-state index < -0.39 is 11.2 Å². The van der Waals surface area contributed by atoms with E-state index in [0.29, 0.717) is 0 Å². The van der Waals surface area contributed by atoms with Gasteiger partial charge in [-0.15, -0.1) is 5.23 Å². The topological polar surface area (TPSA) is 39.5 Å². The predicted octanol–water partition coefficient (Wildman–Crippen LogP) is 3.97. The van der Waals surface area contributed by atoms with Crippen LogP contribution in [-0.2, 0) is 16.7 Å². The highest BCUT2D eigenvalue weighted by atomic mass is 17.0. The maximum absolute atomic E-state index is 6.00. The van der Waals surface area contributed by atoms with E-state index in [9.17, 15) is 0 Å². The number of hydrogen-bond acceptors (Lipinski definition) is 4. The van der Waals surface area contributed by atoms with Gasteiger partial charge in [-0.1, -0.05) is 0 Å². The van der Waals surface area contributed by atoms with Crippen molar-refractivity contribution >= 4 is 27.5 Å². The summed E-state index contributed by atoms with van der Waals surface area (Å²) in [5, 5.41) is 3.87. The van der Waals surface area contributed by atoms with Gasteiger partial charge in [0, 0.05) is 30.2 Å². The zero-order valence-corrected chi connectivity index (χ0v) is 14.1. The molecule has 0 spiro atoms. The van der Waals surface area contributed by atoms with Crippen LogP contribution in [0.3, 0.4) is 0 Å². The highest BCUT2D eigenvalue weighted by molar-refractivity contribution is 6.08. The summed E-state index contributed by atoms with van der Waals surface area (Å²) >= 11 is 0. The third-order valence-electron chi connectivity index (χ3n) is 5.08. The first-order valence-corrected chi connectivity index (χ1v) is 7.81. The largest absolute Gasteiger partial charge is 0.343 e. The van der Waals surface area contributed by atoms with Crippen LogP contribution in [0, 0.1) is 0 Å². The Balaban J connectivity index is 1.85. The molecule has 3 aromatic rings. The van der Waals surface area contributed by atoms with Crippen LogP contribution in [0.5, 0.6) is 0 Å². The summed E-state index contributed by atoms with van der Waals surface area (Å²) in [6.07, 6.45) is 3.73. The van der Waals surface area contributed by atoms with E-state index in [1.54, 1.807) is 0 Å². The van der Waals surface area contributed by atoms with Gasteiger partial charge in [0.25, 0.3) is 0 Å². The lowest BCUT2D eigenvalue weighted by Crippen LogP contribution is -2.41. The number of rotatable bonds is 1. The molecule has 1 aliphatic heterocycles. The zero-order valence-electron chi connectivity index (χ0n) is 14.1. The SMILES string of the molecule is Cn1c2ccncc2c2ccc(N3OC(C)(C)C(C)(C)O3)cc21. The number of pyridine rings is 1. The van der Waals surface area contributed by atoms with Gasteiger partial charge in [-0.3, -0.25) is 4.98 Å². The van der Waals surface area contributed by atoms with Crippen LogP contribution < -0.4 is 5.23 Å². The Morgan fingerprint density at radius 2 is 1.61 bits per heavy atom. The standard InChI is InChI=1S/C18H21N3O2/c1-17(2)18(3,4)23-21(22-17)12-6-7-13-14-11-19-9-8-15(14)20(5)16(13)10-12/h6-11H,1-5H3.